The number of esters is 1. The van der Waals surface area contributed by atoms with Gasteiger partial charge < -0.3 is 14.7 Å². The average Bonchev–Trinajstić information content (AvgIpc) is 2.62. The van der Waals surface area contributed by atoms with Crippen LogP contribution in [0.1, 0.15) is 35.7 Å². The Balaban J connectivity index is 1.85. The summed E-state index contributed by atoms with van der Waals surface area (Å²) in [5.41, 5.74) is 1.18. The molecule has 1 amide bonds. The van der Waals surface area contributed by atoms with Crippen molar-refractivity contribution >= 4 is 17.8 Å². The molecule has 1 saturated heterocycles. The van der Waals surface area contributed by atoms with Gasteiger partial charge in [-0.1, -0.05) is 12.1 Å². The first-order valence-electron chi connectivity index (χ1n) is 8.86. The van der Waals surface area contributed by atoms with Crippen LogP contribution in [-0.4, -0.2) is 66.0 Å². The Kier molecular flexibility index (Phi) is 7.15. The lowest BCUT2D eigenvalue weighted by molar-refractivity contribution is -0.151. The maximum Gasteiger partial charge on any atom is 0.335 e. The van der Waals surface area contributed by atoms with E-state index in [1.54, 1.807) is 36.1 Å². The zero-order chi connectivity index (χ0) is 19.1. The minimum Gasteiger partial charge on any atom is -0.478 e. The third-order valence-electron chi connectivity index (χ3n) is 4.45. The molecule has 7 heteroatoms. The number of benzene rings is 1. The number of hydrogen-bond acceptors (Lipinski definition) is 5. The first kappa shape index (κ1) is 19.9. The van der Waals surface area contributed by atoms with Gasteiger partial charge in [0.05, 0.1) is 24.6 Å². The van der Waals surface area contributed by atoms with Gasteiger partial charge in [-0.15, -0.1) is 0 Å². The minimum atomic E-state index is -0.957. The first-order valence-corrected chi connectivity index (χ1v) is 8.86. The standard InChI is InChI=1S/C19H26N2O5/c1-3-26-19(25)16-5-4-10-21(12-16)17(22)13-20(2)11-14-6-8-15(9-7-14)18(23)24/h6-9,16H,3-5,10-13H2,1-2H3,(H,23,24). The van der Waals surface area contributed by atoms with Crippen LogP contribution in [0.5, 0.6) is 0 Å². The molecule has 1 N–H and O–H groups in total. The number of carbonyl (C=O) groups is 3. The van der Waals surface area contributed by atoms with Crippen molar-refractivity contribution in [2.75, 3.05) is 33.3 Å². The van der Waals surface area contributed by atoms with E-state index >= 15 is 0 Å². The molecular formula is C19H26N2O5. The normalized spacial score (nSPS) is 17.2. The third-order valence-corrected chi connectivity index (χ3v) is 4.45. The minimum absolute atomic E-state index is 0.0105. The molecule has 1 aliphatic heterocycles. The number of hydrogen-bond donors (Lipinski definition) is 1. The first-order chi connectivity index (χ1) is 12.4. The highest BCUT2D eigenvalue weighted by molar-refractivity contribution is 5.87. The van der Waals surface area contributed by atoms with Gasteiger partial charge in [0.25, 0.3) is 0 Å². The van der Waals surface area contributed by atoms with E-state index in [-0.39, 0.29) is 29.9 Å². The Morgan fingerprint density at radius 1 is 1.27 bits per heavy atom. The second-order valence-electron chi connectivity index (χ2n) is 6.61. The van der Waals surface area contributed by atoms with Crippen LogP contribution in [0.4, 0.5) is 0 Å². The van der Waals surface area contributed by atoms with E-state index in [1.807, 2.05) is 11.9 Å². The van der Waals surface area contributed by atoms with Crippen LogP contribution in [0.15, 0.2) is 24.3 Å². The van der Waals surface area contributed by atoms with Crippen LogP contribution in [0.25, 0.3) is 0 Å². The maximum absolute atomic E-state index is 12.5. The summed E-state index contributed by atoms with van der Waals surface area (Å²) in [5.74, 6) is -1.43. The highest BCUT2D eigenvalue weighted by Crippen LogP contribution is 2.18. The van der Waals surface area contributed by atoms with E-state index < -0.39 is 5.97 Å². The molecule has 7 nitrogen and oxygen atoms in total. The number of carbonyl (C=O) groups excluding carboxylic acids is 2. The van der Waals surface area contributed by atoms with Gasteiger partial charge in [0, 0.05) is 19.6 Å². The predicted molar refractivity (Wildman–Crippen MR) is 95.7 cm³/mol. The largest absolute Gasteiger partial charge is 0.478 e. The molecule has 1 atom stereocenters. The highest BCUT2D eigenvalue weighted by atomic mass is 16.5. The summed E-state index contributed by atoms with van der Waals surface area (Å²) < 4.78 is 5.07. The molecule has 1 unspecified atom stereocenters. The highest BCUT2D eigenvalue weighted by Gasteiger charge is 2.29. The van der Waals surface area contributed by atoms with Gasteiger partial charge in [-0.2, -0.15) is 0 Å². The number of nitrogens with zero attached hydrogens (tertiary/aromatic N) is 2. The lowest BCUT2D eigenvalue weighted by Gasteiger charge is -2.32. The van der Waals surface area contributed by atoms with Crippen molar-refractivity contribution in [1.29, 1.82) is 0 Å². The van der Waals surface area contributed by atoms with Gasteiger partial charge in [-0.3, -0.25) is 14.5 Å². The molecule has 0 saturated carbocycles. The quantitative estimate of drug-likeness (QED) is 0.742. The smallest absolute Gasteiger partial charge is 0.335 e. The van der Waals surface area contributed by atoms with Crippen LogP contribution >= 0.6 is 0 Å². The van der Waals surface area contributed by atoms with Gasteiger partial charge >= 0.3 is 11.9 Å². The molecule has 0 aromatic heterocycles. The summed E-state index contributed by atoms with van der Waals surface area (Å²) in [7, 11) is 1.84. The van der Waals surface area contributed by atoms with E-state index in [0.717, 1.165) is 18.4 Å². The van der Waals surface area contributed by atoms with Crippen molar-refractivity contribution in [2.45, 2.75) is 26.3 Å². The Hall–Kier alpha value is -2.41. The van der Waals surface area contributed by atoms with Gasteiger partial charge in [0.1, 0.15) is 0 Å². The van der Waals surface area contributed by atoms with Crippen molar-refractivity contribution < 1.29 is 24.2 Å². The summed E-state index contributed by atoms with van der Waals surface area (Å²) in [5, 5.41) is 8.92. The average molecular weight is 362 g/mol. The summed E-state index contributed by atoms with van der Waals surface area (Å²) in [4.78, 5) is 38.9. The van der Waals surface area contributed by atoms with Gasteiger partial charge in [-0.25, -0.2) is 4.79 Å². The van der Waals surface area contributed by atoms with E-state index in [2.05, 4.69) is 0 Å². The molecule has 1 aliphatic rings. The predicted octanol–water partition coefficient (Wildman–Crippen LogP) is 1.62. The number of piperidine rings is 1. The van der Waals surface area contributed by atoms with Crippen LogP contribution in [-0.2, 0) is 20.9 Å². The van der Waals surface area contributed by atoms with Crippen molar-refractivity contribution in [2.24, 2.45) is 5.92 Å². The van der Waals surface area contributed by atoms with Crippen LogP contribution < -0.4 is 0 Å². The molecule has 1 heterocycles. The van der Waals surface area contributed by atoms with Gasteiger partial charge in [0.2, 0.25) is 5.91 Å². The second kappa shape index (κ2) is 9.33. The molecule has 26 heavy (non-hydrogen) atoms. The molecule has 1 aromatic rings. The zero-order valence-electron chi connectivity index (χ0n) is 15.3. The Morgan fingerprint density at radius 3 is 2.58 bits per heavy atom. The fraction of sp³-hybridized carbons (Fsp3) is 0.526. The zero-order valence-corrected chi connectivity index (χ0v) is 15.3. The molecule has 0 bridgehead atoms. The summed E-state index contributed by atoms with van der Waals surface area (Å²) in [6.07, 6.45) is 1.56. The molecule has 2 rings (SSSR count). The number of carboxylic acids is 1. The second-order valence-corrected chi connectivity index (χ2v) is 6.61. The lowest BCUT2D eigenvalue weighted by Crippen LogP contribution is -2.46. The third kappa shape index (κ3) is 5.56. The maximum atomic E-state index is 12.5. The fourth-order valence-electron chi connectivity index (χ4n) is 3.11. The Morgan fingerprint density at radius 2 is 1.96 bits per heavy atom. The van der Waals surface area contributed by atoms with Crippen molar-refractivity contribution in [3.05, 3.63) is 35.4 Å². The van der Waals surface area contributed by atoms with Crippen LogP contribution in [0, 0.1) is 5.92 Å². The van der Waals surface area contributed by atoms with E-state index in [9.17, 15) is 14.4 Å². The van der Waals surface area contributed by atoms with E-state index in [1.165, 1.54) is 0 Å². The van der Waals surface area contributed by atoms with Crippen LogP contribution in [0.3, 0.4) is 0 Å². The van der Waals surface area contributed by atoms with Crippen molar-refractivity contribution in [1.82, 2.24) is 9.80 Å². The van der Waals surface area contributed by atoms with Gasteiger partial charge in [-0.05, 0) is 44.5 Å². The Labute approximate surface area is 153 Å². The van der Waals surface area contributed by atoms with Gasteiger partial charge in [0.15, 0.2) is 0 Å². The number of rotatable bonds is 7. The summed E-state index contributed by atoms with van der Waals surface area (Å²) in [6.45, 7) is 4.00. The number of amides is 1. The summed E-state index contributed by atoms with van der Waals surface area (Å²) in [6, 6.07) is 6.62. The monoisotopic (exact) mass is 362 g/mol. The molecular weight excluding hydrogens is 336 g/mol. The molecule has 1 fully saturated rings. The van der Waals surface area contributed by atoms with Crippen molar-refractivity contribution in [3.63, 3.8) is 0 Å². The molecule has 0 spiro atoms. The Bertz CT molecular complexity index is 644. The molecule has 142 valence electrons. The SMILES string of the molecule is CCOC(=O)C1CCCN(C(=O)CN(C)Cc2ccc(C(=O)O)cc2)C1. The van der Waals surface area contributed by atoms with E-state index in [0.29, 0.717) is 26.2 Å². The number of ether oxygens (including phenoxy) is 1. The number of aromatic carboxylic acids is 1. The molecule has 0 radical (unpaired) electrons. The molecule has 0 aliphatic carbocycles. The lowest BCUT2D eigenvalue weighted by atomic mass is 9.98. The molecule has 1 aromatic carbocycles. The topological polar surface area (TPSA) is 87.2 Å². The number of carboxylic acid groups (broad SMARTS) is 1. The number of likely N-dealkylation sites (tertiary alicyclic amines) is 1. The number of likely N-dealkylation sites (N-methyl/N-ethyl adjacent to an activating group) is 1. The van der Waals surface area contributed by atoms with Crippen molar-refractivity contribution in [3.8, 4) is 0 Å². The van der Waals surface area contributed by atoms with E-state index in [4.69, 9.17) is 9.84 Å². The fourth-order valence-corrected chi connectivity index (χ4v) is 3.11. The van der Waals surface area contributed by atoms with Crippen LogP contribution in [0.2, 0.25) is 0 Å². The summed E-state index contributed by atoms with van der Waals surface area (Å²) >= 11 is 0.